The molecule has 4 heteroatoms. The van der Waals surface area contributed by atoms with E-state index in [0.29, 0.717) is 12.1 Å². The third-order valence-corrected chi connectivity index (χ3v) is 3.32. The summed E-state index contributed by atoms with van der Waals surface area (Å²) in [4.78, 5) is 13.4. The summed E-state index contributed by atoms with van der Waals surface area (Å²) in [5.41, 5.74) is 0. The highest BCUT2D eigenvalue weighted by Crippen LogP contribution is 2.31. The molecule has 1 aromatic rings. The maximum absolute atomic E-state index is 4.30. The molecule has 3 rings (SSSR count). The lowest BCUT2D eigenvalue weighted by atomic mass is 10.2. The molecule has 2 unspecified atom stereocenters. The van der Waals surface area contributed by atoms with Gasteiger partial charge in [-0.25, -0.2) is 9.97 Å². The molecule has 2 aliphatic rings. The molecule has 0 saturated carbocycles. The molecule has 2 bridgehead atoms. The second kappa shape index (κ2) is 2.92. The molecule has 4 nitrogen and oxygen atoms in total. The van der Waals surface area contributed by atoms with E-state index in [2.05, 4.69) is 26.8 Å². The standard InChI is InChI=1S/C10H14N4/c1-13-6-9-5-8(13)7-14(9)10-11-3-2-4-12-10/h2-4,8-9H,5-7H2,1H3. The Hall–Kier alpha value is -1.16. The van der Waals surface area contributed by atoms with Crippen molar-refractivity contribution in [3.8, 4) is 0 Å². The summed E-state index contributed by atoms with van der Waals surface area (Å²) in [6.45, 7) is 2.24. The third kappa shape index (κ3) is 1.10. The van der Waals surface area contributed by atoms with Gasteiger partial charge in [0.1, 0.15) is 0 Å². The first-order chi connectivity index (χ1) is 6.84. The van der Waals surface area contributed by atoms with Crippen LogP contribution in [-0.2, 0) is 0 Å². The van der Waals surface area contributed by atoms with Crippen LogP contribution in [0.4, 0.5) is 5.95 Å². The van der Waals surface area contributed by atoms with Crippen LogP contribution in [0.25, 0.3) is 0 Å². The molecule has 0 spiro atoms. The molecule has 0 amide bonds. The molecule has 0 aliphatic carbocycles. The Kier molecular flexibility index (Phi) is 1.70. The molecule has 2 saturated heterocycles. The normalized spacial score (nSPS) is 31.4. The van der Waals surface area contributed by atoms with Crippen molar-refractivity contribution < 1.29 is 0 Å². The minimum Gasteiger partial charge on any atom is -0.335 e. The van der Waals surface area contributed by atoms with E-state index >= 15 is 0 Å². The van der Waals surface area contributed by atoms with Crippen molar-refractivity contribution in [2.45, 2.75) is 18.5 Å². The lowest BCUT2D eigenvalue weighted by molar-refractivity contribution is 0.291. The van der Waals surface area contributed by atoms with Gasteiger partial charge in [0.15, 0.2) is 0 Å². The molecule has 0 aromatic carbocycles. The summed E-state index contributed by atoms with van der Waals surface area (Å²) in [6, 6.07) is 3.21. The first kappa shape index (κ1) is 8.17. The fourth-order valence-electron chi connectivity index (χ4n) is 2.55. The van der Waals surface area contributed by atoms with Crippen molar-refractivity contribution >= 4 is 5.95 Å². The van der Waals surface area contributed by atoms with Gasteiger partial charge in [-0.2, -0.15) is 0 Å². The quantitative estimate of drug-likeness (QED) is 0.640. The molecule has 0 N–H and O–H groups in total. The van der Waals surface area contributed by atoms with Gasteiger partial charge in [-0.05, 0) is 19.5 Å². The number of likely N-dealkylation sites (N-methyl/N-ethyl adjacent to an activating group) is 1. The van der Waals surface area contributed by atoms with Gasteiger partial charge in [0.2, 0.25) is 5.95 Å². The Morgan fingerprint density at radius 1 is 1.21 bits per heavy atom. The molecular formula is C10H14N4. The predicted molar refractivity (Wildman–Crippen MR) is 54.2 cm³/mol. The average Bonchev–Trinajstić information content (AvgIpc) is 2.77. The van der Waals surface area contributed by atoms with Gasteiger partial charge in [0.05, 0.1) is 0 Å². The predicted octanol–water partition coefficient (Wildman–Crippen LogP) is 0.369. The van der Waals surface area contributed by atoms with Crippen LogP contribution < -0.4 is 4.90 Å². The number of fused-ring (bicyclic) bond motifs is 2. The number of piperazine rings is 1. The SMILES string of the molecule is CN1CC2CC1CN2c1ncccn1. The van der Waals surface area contributed by atoms with E-state index in [0.717, 1.165) is 19.0 Å². The summed E-state index contributed by atoms with van der Waals surface area (Å²) >= 11 is 0. The third-order valence-electron chi connectivity index (χ3n) is 3.32. The molecule has 0 radical (unpaired) electrons. The topological polar surface area (TPSA) is 32.3 Å². The first-order valence-electron chi connectivity index (χ1n) is 5.08. The van der Waals surface area contributed by atoms with Crippen molar-refractivity contribution in [1.82, 2.24) is 14.9 Å². The molecular weight excluding hydrogens is 176 g/mol. The first-order valence-corrected chi connectivity index (χ1v) is 5.08. The van der Waals surface area contributed by atoms with Crippen molar-refractivity contribution in [1.29, 1.82) is 0 Å². The Labute approximate surface area is 83.6 Å². The largest absolute Gasteiger partial charge is 0.335 e. The summed E-state index contributed by atoms with van der Waals surface area (Å²) in [5.74, 6) is 0.896. The van der Waals surface area contributed by atoms with E-state index < -0.39 is 0 Å². The Morgan fingerprint density at radius 2 is 2.00 bits per heavy atom. The maximum atomic E-state index is 4.30. The van der Waals surface area contributed by atoms with Crippen LogP contribution in [0, 0.1) is 0 Å². The highest BCUT2D eigenvalue weighted by molar-refractivity contribution is 5.35. The number of hydrogen-bond donors (Lipinski definition) is 0. The Morgan fingerprint density at radius 3 is 2.57 bits per heavy atom. The van der Waals surface area contributed by atoms with Crippen molar-refractivity contribution in [2.75, 3.05) is 25.0 Å². The Bertz CT molecular complexity index is 324. The highest BCUT2D eigenvalue weighted by atomic mass is 15.4. The lowest BCUT2D eigenvalue weighted by Crippen LogP contribution is -2.45. The molecule has 2 fully saturated rings. The zero-order valence-electron chi connectivity index (χ0n) is 8.30. The number of hydrogen-bond acceptors (Lipinski definition) is 4. The van der Waals surface area contributed by atoms with E-state index in [9.17, 15) is 0 Å². The van der Waals surface area contributed by atoms with E-state index in [1.807, 2.05) is 18.5 Å². The van der Waals surface area contributed by atoms with Crippen LogP contribution in [0.5, 0.6) is 0 Å². The molecule has 2 atom stereocenters. The van der Waals surface area contributed by atoms with Gasteiger partial charge in [-0.1, -0.05) is 0 Å². The maximum Gasteiger partial charge on any atom is 0.225 e. The van der Waals surface area contributed by atoms with E-state index in [-0.39, 0.29) is 0 Å². The monoisotopic (exact) mass is 190 g/mol. The van der Waals surface area contributed by atoms with Crippen molar-refractivity contribution in [2.24, 2.45) is 0 Å². The summed E-state index contributed by atoms with van der Waals surface area (Å²) < 4.78 is 0. The molecule has 3 heterocycles. The second-order valence-corrected chi connectivity index (χ2v) is 4.18. The minimum absolute atomic E-state index is 0.632. The summed E-state index contributed by atoms with van der Waals surface area (Å²) in [5, 5.41) is 0. The van der Waals surface area contributed by atoms with Gasteiger partial charge < -0.3 is 4.90 Å². The van der Waals surface area contributed by atoms with Crippen LogP contribution >= 0.6 is 0 Å². The van der Waals surface area contributed by atoms with Gasteiger partial charge in [-0.15, -0.1) is 0 Å². The van der Waals surface area contributed by atoms with Crippen LogP contribution in [0.3, 0.4) is 0 Å². The van der Waals surface area contributed by atoms with Crippen molar-refractivity contribution in [3.05, 3.63) is 18.5 Å². The summed E-state index contributed by atoms with van der Waals surface area (Å²) in [7, 11) is 2.20. The highest BCUT2D eigenvalue weighted by Gasteiger charge is 2.42. The number of anilines is 1. The van der Waals surface area contributed by atoms with Crippen LogP contribution in [0.1, 0.15) is 6.42 Å². The van der Waals surface area contributed by atoms with E-state index in [4.69, 9.17) is 0 Å². The molecule has 2 aliphatic heterocycles. The number of likely N-dealkylation sites (tertiary alicyclic amines) is 1. The fourth-order valence-corrected chi connectivity index (χ4v) is 2.55. The van der Waals surface area contributed by atoms with E-state index in [1.165, 1.54) is 6.42 Å². The van der Waals surface area contributed by atoms with Gasteiger partial charge in [-0.3, -0.25) is 4.90 Å². The number of nitrogens with zero attached hydrogens (tertiary/aromatic N) is 4. The van der Waals surface area contributed by atoms with Crippen LogP contribution in [0.2, 0.25) is 0 Å². The van der Waals surface area contributed by atoms with Gasteiger partial charge in [0.25, 0.3) is 0 Å². The second-order valence-electron chi connectivity index (χ2n) is 4.18. The van der Waals surface area contributed by atoms with Gasteiger partial charge >= 0.3 is 0 Å². The fraction of sp³-hybridized carbons (Fsp3) is 0.600. The minimum atomic E-state index is 0.632. The summed E-state index contributed by atoms with van der Waals surface area (Å²) in [6.07, 6.45) is 4.91. The zero-order chi connectivity index (χ0) is 9.54. The lowest BCUT2D eigenvalue weighted by Gasteiger charge is -2.31. The zero-order valence-corrected chi connectivity index (χ0v) is 8.30. The average molecular weight is 190 g/mol. The van der Waals surface area contributed by atoms with E-state index in [1.54, 1.807) is 0 Å². The van der Waals surface area contributed by atoms with Gasteiger partial charge in [0, 0.05) is 37.6 Å². The Balaban J connectivity index is 1.84. The molecule has 1 aromatic heterocycles. The smallest absolute Gasteiger partial charge is 0.225 e. The van der Waals surface area contributed by atoms with Crippen LogP contribution in [-0.4, -0.2) is 47.1 Å². The number of rotatable bonds is 1. The molecule has 14 heavy (non-hydrogen) atoms. The number of aromatic nitrogens is 2. The molecule has 74 valence electrons. The van der Waals surface area contributed by atoms with Crippen LogP contribution in [0.15, 0.2) is 18.5 Å². The van der Waals surface area contributed by atoms with Crippen molar-refractivity contribution in [3.63, 3.8) is 0 Å².